The molecule has 0 aliphatic carbocycles. The lowest BCUT2D eigenvalue weighted by Gasteiger charge is -2.09. The largest absolute Gasteiger partial charge is 0.487 e. The van der Waals surface area contributed by atoms with E-state index in [2.05, 4.69) is 5.32 Å². The summed E-state index contributed by atoms with van der Waals surface area (Å²) in [4.78, 5) is 10.5. The Morgan fingerprint density at radius 3 is 2.70 bits per heavy atom. The fourth-order valence-electron chi connectivity index (χ4n) is 1.75. The molecule has 0 bridgehead atoms. The Hall–Kier alpha value is -2.27. The van der Waals surface area contributed by atoms with E-state index in [1.165, 1.54) is 6.07 Å². The summed E-state index contributed by atoms with van der Waals surface area (Å²) < 4.78 is 5.56. The average molecular weight is 293 g/mol. The van der Waals surface area contributed by atoms with E-state index in [-0.39, 0.29) is 12.3 Å². The maximum absolute atomic E-state index is 11.0. The molecule has 0 aliphatic rings. The third kappa shape index (κ3) is 3.19. The van der Waals surface area contributed by atoms with Crippen molar-refractivity contribution in [1.29, 1.82) is 0 Å². The second kappa shape index (κ2) is 6.25. The molecule has 2 aromatic rings. The Labute approximate surface area is 121 Å². The molecule has 0 aliphatic heterocycles. The van der Waals surface area contributed by atoms with Gasteiger partial charge in [-0.2, -0.15) is 0 Å². The highest BCUT2D eigenvalue weighted by molar-refractivity contribution is 6.32. The maximum atomic E-state index is 11.0. The minimum atomic E-state index is -0.426. The predicted octanol–water partition coefficient (Wildman–Crippen LogP) is 3.87. The quantitative estimate of drug-likeness (QED) is 0.671. The molecule has 2 rings (SSSR count). The van der Waals surface area contributed by atoms with E-state index in [4.69, 9.17) is 16.3 Å². The van der Waals surface area contributed by atoms with Crippen LogP contribution < -0.4 is 10.1 Å². The van der Waals surface area contributed by atoms with E-state index in [0.717, 1.165) is 0 Å². The number of ether oxygens (including phenoxy) is 1. The van der Waals surface area contributed by atoms with Gasteiger partial charge in [0.15, 0.2) is 0 Å². The number of hydrogen-bond acceptors (Lipinski definition) is 4. The standard InChI is InChI=1S/C14H13ClN2O3/c1-16-12-7-6-10(8-13(12)17(18)19)9-20-14-5-3-2-4-11(14)15/h2-8,16H,9H2,1H3. The van der Waals surface area contributed by atoms with Crippen molar-refractivity contribution in [3.8, 4) is 5.75 Å². The van der Waals surface area contributed by atoms with Gasteiger partial charge in [0, 0.05) is 13.1 Å². The summed E-state index contributed by atoms with van der Waals surface area (Å²) in [5, 5.41) is 14.3. The number of rotatable bonds is 5. The van der Waals surface area contributed by atoms with Gasteiger partial charge < -0.3 is 10.1 Å². The van der Waals surface area contributed by atoms with E-state index in [1.54, 1.807) is 31.3 Å². The van der Waals surface area contributed by atoms with Crippen LogP contribution in [0.25, 0.3) is 0 Å². The molecule has 0 heterocycles. The van der Waals surface area contributed by atoms with Crippen LogP contribution in [-0.4, -0.2) is 12.0 Å². The Kier molecular flexibility index (Phi) is 4.42. The summed E-state index contributed by atoms with van der Waals surface area (Å²) in [6, 6.07) is 12.0. The fourth-order valence-corrected chi connectivity index (χ4v) is 1.94. The van der Waals surface area contributed by atoms with Gasteiger partial charge in [-0.25, -0.2) is 0 Å². The van der Waals surface area contributed by atoms with Gasteiger partial charge in [0.1, 0.15) is 18.0 Å². The number of halogens is 1. The molecule has 0 saturated carbocycles. The zero-order valence-electron chi connectivity index (χ0n) is 10.8. The summed E-state index contributed by atoms with van der Waals surface area (Å²) in [5.41, 5.74) is 1.19. The van der Waals surface area contributed by atoms with Crippen molar-refractivity contribution in [2.24, 2.45) is 0 Å². The summed E-state index contributed by atoms with van der Waals surface area (Å²) in [7, 11) is 1.64. The molecule has 0 amide bonds. The number of nitro benzene ring substituents is 1. The SMILES string of the molecule is CNc1ccc(COc2ccccc2Cl)cc1[N+](=O)[O-]. The van der Waals surface area contributed by atoms with Crippen molar-refractivity contribution in [3.63, 3.8) is 0 Å². The lowest BCUT2D eigenvalue weighted by molar-refractivity contribution is -0.384. The molecule has 6 heteroatoms. The van der Waals surface area contributed by atoms with Crippen molar-refractivity contribution in [2.45, 2.75) is 6.61 Å². The van der Waals surface area contributed by atoms with Gasteiger partial charge >= 0.3 is 0 Å². The molecule has 20 heavy (non-hydrogen) atoms. The van der Waals surface area contributed by atoms with Crippen LogP contribution in [-0.2, 0) is 6.61 Å². The predicted molar refractivity (Wildman–Crippen MR) is 78.4 cm³/mol. The second-order valence-corrected chi connectivity index (χ2v) is 4.48. The third-order valence-electron chi connectivity index (χ3n) is 2.76. The molecule has 2 aromatic carbocycles. The first kappa shape index (κ1) is 14.1. The van der Waals surface area contributed by atoms with Crippen molar-refractivity contribution in [3.05, 3.63) is 63.2 Å². The molecule has 0 spiro atoms. The molecular weight excluding hydrogens is 280 g/mol. The monoisotopic (exact) mass is 292 g/mol. The van der Waals surface area contributed by atoms with Crippen LogP contribution in [0.4, 0.5) is 11.4 Å². The lowest BCUT2D eigenvalue weighted by Crippen LogP contribution is -2.00. The number of hydrogen-bond donors (Lipinski definition) is 1. The van der Waals surface area contributed by atoms with Crippen LogP contribution in [0.1, 0.15) is 5.56 Å². The Balaban J connectivity index is 2.16. The first-order valence-electron chi connectivity index (χ1n) is 5.94. The number of nitrogens with one attached hydrogen (secondary N) is 1. The van der Waals surface area contributed by atoms with Crippen LogP contribution in [0.3, 0.4) is 0 Å². The maximum Gasteiger partial charge on any atom is 0.292 e. The van der Waals surface area contributed by atoms with Gasteiger partial charge in [-0.3, -0.25) is 10.1 Å². The Bertz CT molecular complexity index is 632. The molecule has 0 unspecified atom stereocenters. The minimum absolute atomic E-state index is 0.0211. The summed E-state index contributed by atoms with van der Waals surface area (Å²) >= 11 is 5.98. The molecule has 104 valence electrons. The number of benzene rings is 2. The highest BCUT2D eigenvalue weighted by atomic mass is 35.5. The van der Waals surface area contributed by atoms with E-state index in [9.17, 15) is 10.1 Å². The van der Waals surface area contributed by atoms with E-state index < -0.39 is 4.92 Å². The molecule has 0 radical (unpaired) electrons. The van der Waals surface area contributed by atoms with Crippen molar-refractivity contribution in [1.82, 2.24) is 0 Å². The molecule has 1 N–H and O–H groups in total. The molecule has 0 fully saturated rings. The van der Waals surface area contributed by atoms with Gasteiger partial charge in [0.2, 0.25) is 0 Å². The van der Waals surface area contributed by atoms with Gasteiger partial charge in [0.05, 0.1) is 9.95 Å². The number of nitro groups is 1. The van der Waals surface area contributed by atoms with Gasteiger partial charge in [-0.1, -0.05) is 29.8 Å². The van der Waals surface area contributed by atoms with Crippen molar-refractivity contribution < 1.29 is 9.66 Å². The molecule has 0 aromatic heterocycles. The fraction of sp³-hybridized carbons (Fsp3) is 0.143. The molecular formula is C14H13ClN2O3. The summed E-state index contributed by atoms with van der Waals surface area (Å²) in [6.45, 7) is 0.217. The van der Waals surface area contributed by atoms with Crippen molar-refractivity contribution >= 4 is 23.0 Å². The van der Waals surface area contributed by atoms with Crippen LogP contribution in [0, 0.1) is 10.1 Å². The van der Waals surface area contributed by atoms with Crippen LogP contribution in [0.5, 0.6) is 5.75 Å². The highest BCUT2D eigenvalue weighted by Gasteiger charge is 2.13. The smallest absolute Gasteiger partial charge is 0.292 e. The topological polar surface area (TPSA) is 64.4 Å². The van der Waals surface area contributed by atoms with E-state index in [0.29, 0.717) is 22.0 Å². The van der Waals surface area contributed by atoms with Crippen LogP contribution >= 0.6 is 11.6 Å². The van der Waals surface area contributed by atoms with Crippen molar-refractivity contribution in [2.75, 3.05) is 12.4 Å². The number of para-hydroxylation sites is 1. The Morgan fingerprint density at radius 2 is 2.05 bits per heavy atom. The van der Waals surface area contributed by atoms with Gasteiger partial charge in [-0.15, -0.1) is 0 Å². The van der Waals surface area contributed by atoms with Crippen LogP contribution in [0.2, 0.25) is 5.02 Å². The lowest BCUT2D eigenvalue weighted by atomic mass is 10.2. The highest BCUT2D eigenvalue weighted by Crippen LogP contribution is 2.27. The van der Waals surface area contributed by atoms with Gasteiger partial charge in [0.25, 0.3) is 5.69 Å². The van der Waals surface area contributed by atoms with E-state index in [1.807, 2.05) is 12.1 Å². The average Bonchev–Trinajstić information content (AvgIpc) is 2.46. The van der Waals surface area contributed by atoms with E-state index >= 15 is 0 Å². The third-order valence-corrected chi connectivity index (χ3v) is 3.07. The zero-order valence-corrected chi connectivity index (χ0v) is 11.6. The zero-order chi connectivity index (χ0) is 14.5. The number of nitrogens with zero attached hydrogens (tertiary/aromatic N) is 1. The summed E-state index contributed by atoms with van der Waals surface area (Å²) in [6.07, 6.45) is 0. The second-order valence-electron chi connectivity index (χ2n) is 4.08. The first-order chi connectivity index (χ1) is 9.61. The first-order valence-corrected chi connectivity index (χ1v) is 6.32. The Morgan fingerprint density at radius 1 is 1.30 bits per heavy atom. The molecule has 0 atom stereocenters. The normalized spacial score (nSPS) is 10.1. The molecule has 5 nitrogen and oxygen atoms in total. The van der Waals surface area contributed by atoms with Crippen LogP contribution in [0.15, 0.2) is 42.5 Å². The minimum Gasteiger partial charge on any atom is -0.487 e. The number of anilines is 1. The summed E-state index contributed by atoms with van der Waals surface area (Å²) in [5.74, 6) is 0.550. The van der Waals surface area contributed by atoms with Gasteiger partial charge in [-0.05, 0) is 23.8 Å². The molecule has 0 saturated heterocycles.